The van der Waals surface area contributed by atoms with Gasteiger partial charge in [-0.15, -0.1) is 0 Å². The molecule has 11 heteroatoms. The highest BCUT2D eigenvalue weighted by Crippen LogP contribution is 2.47. The summed E-state index contributed by atoms with van der Waals surface area (Å²) in [4.78, 5) is 23.8. The second-order valence-corrected chi connectivity index (χ2v) is 6.83. The molecule has 1 aliphatic rings. The maximum absolute atomic E-state index is 13.4. The molecule has 0 amide bonds. The van der Waals surface area contributed by atoms with Crippen LogP contribution in [0.25, 0.3) is 0 Å². The average Bonchev–Trinajstić information content (AvgIpc) is 2.82. The van der Waals surface area contributed by atoms with E-state index in [1.54, 1.807) is 6.92 Å². The Bertz CT molecular complexity index is 542. The molecule has 0 aliphatic carbocycles. The van der Waals surface area contributed by atoms with Gasteiger partial charge >= 0.3 is 24.3 Å². The molecule has 0 bridgehead atoms. The molecule has 1 rings (SSSR count). The second kappa shape index (κ2) is 7.24. The van der Waals surface area contributed by atoms with E-state index in [1.807, 2.05) is 0 Å². The van der Waals surface area contributed by atoms with E-state index in [0.717, 1.165) is 0 Å². The van der Waals surface area contributed by atoms with E-state index in [1.165, 1.54) is 20.8 Å². The number of hydrogen-bond donors (Lipinski definition) is 0. The van der Waals surface area contributed by atoms with Crippen LogP contribution in [0.4, 0.5) is 26.3 Å². The minimum Gasteiger partial charge on any atom is -0.454 e. The number of esters is 2. The van der Waals surface area contributed by atoms with Crippen LogP contribution in [0.3, 0.4) is 0 Å². The van der Waals surface area contributed by atoms with E-state index in [-0.39, 0.29) is 0 Å². The monoisotopic (exact) mass is 394 g/mol. The van der Waals surface area contributed by atoms with Crippen LogP contribution in [0.1, 0.15) is 40.5 Å². The summed E-state index contributed by atoms with van der Waals surface area (Å²) in [6.07, 6.45) is -12.8. The third-order valence-electron chi connectivity index (χ3n) is 4.21. The Labute approximate surface area is 145 Å². The van der Waals surface area contributed by atoms with Crippen molar-refractivity contribution < 1.29 is 50.1 Å². The molecule has 26 heavy (non-hydrogen) atoms. The van der Waals surface area contributed by atoms with Crippen LogP contribution in [-0.4, -0.2) is 42.8 Å². The third kappa shape index (κ3) is 4.80. The molecule has 1 heterocycles. The summed E-state index contributed by atoms with van der Waals surface area (Å²) in [7, 11) is 0. The van der Waals surface area contributed by atoms with Crippen molar-refractivity contribution in [2.75, 3.05) is 6.61 Å². The Morgan fingerprint density at radius 2 is 1.69 bits per heavy atom. The predicted octanol–water partition coefficient (Wildman–Crippen LogP) is 3.75. The SMILES string of the molecule is CCC(C)(C)C(=O)OC1OC(C(=O)OCC(F)(F)F)(C(F)(F)F)CC1C. The van der Waals surface area contributed by atoms with Gasteiger partial charge in [0, 0.05) is 12.3 Å². The summed E-state index contributed by atoms with van der Waals surface area (Å²) >= 11 is 0. The largest absolute Gasteiger partial charge is 0.454 e. The fourth-order valence-electron chi connectivity index (χ4n) is 2.16. The summed E-state index contributed by atoms with van der Waals surface area (Å²) in [5.41, 5.74) is -4.64. The zero-order valence-corrected chi connectivity index (χ0v) is 14.6. The van der Waals surface area contributed by atoms with Crippen molar-refractivity contribution in [3.63, 3.8) is 0 Å². The van der Waals surface area contributed by atoms with Crippen molar-refractivity contribution in [3.8, 4) is 0 Å². The van der Waals surface area contributed by atoms with Gasteiger partial charge in [-0.3, -0.25) is 4.79 Å². The molecule has 0 spiro atoms. The van der Waals surface area contributed by atoms with Crippen molar-refractivity contribution in [2.45, 2.75) is 64.8 Å². The van der Waals surface area contributed by atoms with E-state index in [0.29, 0.717) is 6.42 Å². The molecule has 0 radical (unpaired) electrons. The number of rotatable bonds is 5. The van der Waals surface area contributed by atoms with Gasteiger partial charge in [0.1, 0.15) is 0 Å². The minimum atomic E-state index is -5.36. The number of halogens is 6. The first kappa shape index (κ1) is 22.5. The number of hydrogen-bond acceptors (Lipinski definition) is 5. The smallest absolute Gasteiger partial charge is 0.428 e. The third-order valence-corrected chi connectivity index (χ3v) is 4.21. The molecule has 1 saturated heterocycles. The molecular weight excluding hydrogens is 374 g/mol. The van der Waals surface area contributed by atoms with Crippen LogP contribution < -0.4 is 0 Å². The first-order chi connectivity index (χ1) is 11.6. The molecular formula is C15H20F6O5. The van der Waals surface area contributed by atoms with Crippen molar-refractivity contribution in [3.05, 3.63) is 0 Å². The normalized spacial score (nSPS) is 27.3. The molecule has 0 N–H and O–H groups in total. The Kier molecular flexibility index (Phi) is 6.27. The molecule has 3 unspecified atom stereocenters. The van der Waals surface area contributed by atoms with Crippen LogP contribution in [-0.2, 0) is 23.8 Å². The number of carbonyl (C=O) groups is 2. The number of ether oxygens (including phenoxy) is 3. The standard InChI is InChI=1S/C15H20F6O5/c1-5-12(3,4)10(22)25-9-8(2)6-13(26-9,15(19,20)21)11(23)24-7-14(16,17)18/h8-9H,5-7H2,1-4H3. The molecule has 1 aliphatic heterocycles. The maximum atomic E-state index is 13.4. The van der Waals surface area contributed by atoms with Crippen LogP contribution in [0, 0.1) is 11.3 Å². The zero-order chi connectivity index (χ0) is 20.6. The quantitative estimate of drug-likeness (QED) is 0.525. The van der Waals surface area contributed by atoms with Crippen LogP contribution >= 0.6 is 0 Å². The average molecular weight is 394 g/mol. The fraction of sp³-hybridized carbons (Fsp3) is 0.867. The van der Waals surface area contributed by atoms with Crippen LogP contribution in [0.15, 0.2) is 0 Å². The van der Waals surface area contributed by atoms with Crippen LogP contribution in [0.5, 0.6) is 0 Å². The number of carbonyl (C=O) groups excluding carboxylic acids is 2. The van der Waals surface area contributed by atoms with E-state index in [2.05, 4.69) is 9.47 Å². The van der Waals surface area contributed by atoms with E-state index in [4.69, 9.17) is 4.74 Å². The van der Waals surface area contributed by atoms with Crippen molar-refractivity contribution in [1.82, 2.24) is 0 Å². The Morgan fingerprint density at radius 1 is 1.15 bits per heavy atom. The highest BCUT2D eigenvalue weighted by Gasteiger charge is 2.69. The molecule has 152 valence electrons. The van der Waals surface area contributed by atoms with E-state index >= 15 is 0 Å². The second-order valence-electron chi connectivity index (χ2n) is 6.83. The van der Waals surface area contributed by atoms with E-state index < -0.39 is 60.5 Å². The summed E-state index contributed by atoms with van der Waals surface area (Å²) in [5.74, 6) is -4.16. The van der Waals surface area contributed by atoms with Crippen molar-refractivity contribution >= 4 is 11.9 Å². The van der Waals surface area contributed by atoms with Gasteiger partial charge in [0.05, 0.1) is 5.41 Å². The minimum absolute atomic E-state index is 0.324. The Morgan fingerprint density at radius 3 is 2.12 bits per heavy atom. The topological polar surface area (TPSA) is 61.8 Å². The van der Waals surface area contributed by atoms with Gasteiger partial charge in [-0.05, 0) is 20.3 Å². The molecule has 3 atom stereocenters. The van der Waals surface area contributed by atoms with Gasteiger partial charge in [0.25, 0.3) is 5.60 Å². The summed E-state index contributed by atoms with van der Waals surface area (Å²) in [6, 6.07) is 0. The Balaban J connectivity index is 3.02. The Hall–Kier alpha value is -1.52. The maximum Gasteiger partial charge on any atom is 0.428 e. The number of alkyl halides is 6. The lowest BCUT2D eigenvalue weighted by Gasteiger charge is -2.30. The highest BCUT2D eigenvalue weighted by molar-refractivity contribution is 5.81. The summed E-state index contributed by atoms with van der Waals surface area (Å²) < 4.78 is 90.1. The van der Waals surface area contributed by atoms with Gasteiger partial charge in [-0.25, -0.2) is 4.79 Å². The molecule has 1 fully saturated rings. The predicted molar refractivity (Wildman–Crippen MR) is 74.6 cm³/mol. The fourth-order valence-corrected chi connectivity index (χ4v) is 2.16. The van der Waals surface area contributed by atoms with Crippen molar-refractivity contribution in [2.24, 2.45) is 11.3 Å². The first-order valence-electron chi connectivity index (χ1n) is 7.75. The summed E-state index contributed by atoms with van der Waals surface area (Å²) in [6.45, 7) is 3.71. The molecule has 0 aromatic carbocycles. The van der Waals surface area contributed by atoms with Crippen LogP contribution in [0.2, 0.25) is 0 Å². The van der Waals surface area contributed by atoms with Gasteiger partial charge in [-0.2, -0.15) is 26.3 Å². The molecule has 0 aromatic rings. The van der Waals surface area contributed by atoms with Crippen molar-refractivity contribution in [1.29, 1.82) is 0 Å². The molecule has 0 saturated carbocycles. The van der Waals surface area contributed by atoms with Gasteiger partial charge in [0.2, 0.25) is 6.29 Å². The summed E-state index contributed by atoms with van der Waals surface area (Å²) in [5, 5.41) is 0. The molecule has 0 aromatic heterocycles. The molecule has 5 nitrogen and oxygen atoms in total. The highest BCUT2D eigenvalue weighted by atomic mass is 19.4. The zero-order valence-electron chi connectivity index (χ0n) is 14.6. The van der Waals surface area contributed by atoms with Gasteiger partial charge < -0.3 is 14.2 Å². The lowest BCUT2D eigenvalue weighted by atomic mass is 9.90. The van der Waals surface area contributed by atoms with E-state index in [9.17, 15) is 35.9 Å². The first-order valence-corrected chi connectivity index (χ1v) is 7.75. The van der Waals surface area contributed by atoms with Gasteiger partial charge in [-0.1, -0.05) is 13.8 Å². The lowest BCUT2D eigenvalue weighted by Crippen LogP contribution is -2.53. The van der Waals surface area contributed by atoms with Gasteiger partial charge in [0.15, 0.2) is 6.61 Å². The lowest BCUT2D eigenvalue weighted by molar-refractivity contribution is -0.295.